The van der Waals surface area contributed by atoms with E-state index >= 15 is 0 Å². The van der Waals surface area contributed by atoms with Gasteiger partial charge in [0.15, 0.2) is 0 Å². The normalized spacial score (nSPS) is 10.9. The topological polar surface area (TPSA) is 99.2 Å². The summed E-state index contributed by atoms with van der Waals surface area (Å²) in [4.78, 5) is 16.9. The standard InChI is InChI=1S/C11H12BrN9/c1-6-8(12)7(2)21(19-6)11-17-9(13-3)16-10(18-11)20-5-14-4-15-20/h4-5H,1-3H3,(H,13,16,17,18). The Hall–Kier alpha value is -2.36. The highest BCUT2D eigenvalue weighted by Gasteiger charge is 2.15. The van der Waals surface area contributed by atoms with E-state index in [1.807, 2.05) is 13.8 Å². The number of anilines is 1. The molecular formula is C11H12BrN9. The number of nitrogens with one attached hydrogen (secondary N) is 1. The number of aryl methyl sites for hydroxylation is 1. The fourth-order valence-corrected chi connectivity index (χ4v) is 2.04. The lowest BCUT2D eigenvalue weighted by Crippen LogP contribution is -2.13. The van der Waals surface area contributed by atoms with Crippen LogP contribution in [0, 0.1) is 13.8 Å². The van der Waals surface area contributed by atoms with Crippen molar-refractivity contribution in [1.29, 1.82) is 0 Å². The van der Waals surface area contributed by atoms with Gasteiger partial charge in [0.25, 0.3) is 11.9 Å². The van der Waals surface area contributed by atoms with Gasteiger partial charge in [0, 0.05) is 7.05 Å². The Labute approximate surface area is 128 Å². The molecule has 21 heavy (non-hydrogen) atoms. The molecule has 0 unspecified atom stereocenters. The van der Waals surface area contributed by atoms with Crippen molar-refractivity contribution in [1.82, 2.24) is 39.5 Å². The molecule has 0 fully saturated rings. The minimum absolute atomic E-state index is 0.366. The zero-order valence-corrected chi connectivity index (χ0v) is 13.2. The predicted molar refractivity (Wildman–Crippen MR) is 78.6 cm³/mol. The summed E-state index contributed by atoms with van der Waals surface area (Å²) < 4.78 is 4.05. The van der Waals surface area contributed by atoms with Crippen LogP contribution in [0.1, 0.15) is 11.4 Å². The quantitative estimate of drug-likeness (QED) is 0.754. The predicted octanol–water partition coefficient (Wildman–Crippen LogP) is 1.06. The molecule has 0 saturated heterocycles. The molecule has 0 atom stereocenters. The Kier molecular flexibility index (Phi) is 3.37. The second-order valence-electron chi connectivity index (χ2n) is 4.25. The van der Waals surface area contributed by atoms with Gasteiger partial charge in [-0.05, 0) is 29.8 Å². The van der Waals surface area contributed by atoms with Crippen LogP contribution in [0.4, 0.5) is 5.95 Å². The first-order chi connectivity index (χ1) is 10.1. The summed E-state index contributed by atoms with van der Waals surface area (Å²) in [6, 6.07) is 0. The molecule has 0 aromatic carbocycles. The van der Waals surface area contributed by atoms with Crippen LogP contribution in [-0.2, 0) is 0 Å². The third kappa shape index (κ3) is 2.37. The molecule has 0 aliphatic carbocycles. The van der Waals surface area contributed by atoms with Gasteiger partial charge >= 0.3 is 0 Å². The van der Waals surface area contributed by atoms with Gasteiger partial charge in [0.1, 0.15) is 12.7 Å². The van der Waals surface area contributed by atoms with Crippen molar-refractivity contribution in [2.75, 3.05) is 12.4 Å². The Balaban J connectivity index is 2.18. The molecule has 10 heteroatoms. The average molecular weight is 350 g/mol. The van der Waals surface area contributed by atoms with Crippen LogP contribution in [0.15, 0.2) is 17.1 Å². The summed E-state index contributed by atoms with van der Waals surface area (Å²) in [6.45, 7) is 3.84. The van der Waals surface area contributed by atoms with Crippen LogP contribution >= 0.6 is 15.9 Å². The first kappa shape index (κ1) is 13.6. The molecule has 0 radical (unpaired) electrons. The van der Waals surface area contributed by atoms with Crippen molar-refractivity contribution in [3.8, 4) is 11.9 Å². The second kappa shape index (κ2) is 5.20. The molecule has 0 aliphatic rings. The summed E-state index contributed by atoms with van der Waals surface area (Å²) in [5, 5.41) is 11.4. The third-order valence-corrected chi connectivity index (χ3v) is 4.00. The average Bonchev–Trinajstić information content (AvgIpc) is 3.12. The number of hydrogen-bond donors (Lipinski definition) is 1. The van der Waals surface area contributed by atoms with Crippen molar-refractivity contribution >= 4 is 21.9 Å². The van der Waals surface area contributed by atoms with E-state index in [1.54, 1.807) is 11.7 Å². The lowest BCUT2D eigenvalue weighted by Gasteiger charge is -2.07. The van der Waals surface area contributed by atoms with Crippen LogP contribution < -0.4 is 5.32 Å². The number of aromatic nitrogens is 8. The van der Waals surface area contributed by atoms with Crippen molar-refractivity contribution < 1.29 is 0 Å². The maximum absolute atomic E-state index is 4.42. The van der Waals surface area contributed by atoms with Gasteiger partial charge in [-0.2, -0.15) is 29.8 Å². The van der Waals surface area contributed by atoms with E-state index in [9.17, 15) is 0 Å². The number of hydrogen-bond acceptors (Lipinski definition) is 7. The maximum Gasteiger partial charge on any atom is 0.258 e. The summed E-state index contributed by atoms with van der Waals surface area (Å²) >= 11 is 3.49. The minimum atomic E-state index is 0.366. The van der Waals surface area contributed by atoms with E-state index in [-0.39, 0.29) is 0 Å². The molecule has 3 heterocycles. The number of rotatable bonds is 3. The van der Waals surface area contributed by atoms with Gasteiger partial charge in [0.2, 0.25) is 5.95 Å². The van der Waals surface area contributed by atoms with Crippen LogP contribution in [0.25, 0.3) is 11.9 Å². The van der Waals surface area contributed by atoms with Crippen LogP contribution in [0.3, 0.4) is 0 Å². The van der Waals surface area contributed by atoms with Crippen molar-refractivity contribution in [2.24, 2.45) is 0 Å². The monoisotopic (exact) mass is 349 g/mol. The summed E-state index contributed by atoms with van der Waals surface area (Å²) in [5.41, 5.74) is 1.77. The fourth-order valence-electron chi connectivity index (χ4n) is 1.79. The molecule has 3 aromatic heterocycles. The highest BCUT2D eigenvalue weighted by molar-refractivity contribution is 9.10. The summed E-state index contributed by atoms with van der Waals surface area (Å²) in [5.74, 6) is 1.20. The smallest absolute Gasteiger partial charge is 0.258 e. The molecular weight excluding hydrogens is 338 g/mol. The van der Waals surface area contributed by atoms with E-state index in [4.69, 9.17) is 0 Å². The molecule has 9 nitrogen and oxygen atoms in total. The molecule has 108 valence electrons. The van der Waals surface area contributed by atoms with E-state index in [0.29, 0.717) is 17.8 Å². The van der Waals surface area contributed by atoms with Gasteiger partial charge < -0.3 is 5.32 Å². The minimum Gasteiger partial charge on any atom is -0.357 e. The van der Waals surface area contributed by atoms with Crippen molar-refractivity contribution in [2.45, 2.75) is 13.8 Å². The van der Waals surface area contributed by atoms with E-state index in [2.05, 4.69) is 51.4 Å². The van der Waals surface area contributed by atoms with Crippen LogP contribution in [0.2, 0.25) is 0 Å². The third-order valence-electron chi connectivity index (χ3n) is 2.85. The van der Waals surface area contributed by atoms with Gasteiger partial charge in [-0.25, -0.2) is 9.67 Å². The summed E-state index contributed by atoms with van der Waals surface area (Å²) in [6.07, 6.45) is 2.94. The highest BCUT2D eigenvalue weighted by atomic mass is 79.9. The van der Waals surface area contributed by atoms with Crippen LogP contribution in [-0.4, -0.2) is 46.5 Å². The van der Waals surface area contributed by atoms with Gasteiger partial charge in [0.05, 0.1) is 15.9 Å². The Morgan fingerprint density at radius 1 is 1.14 bits per heavy atom. The maximum atomic E-state index is 4.42. The van der Waals surface area contributed by atoms with Gasteiger partial charge in [-0.15, -0.1) is 0 Å². The molecule has 0 amide bonds. The zero-order chi connectivity index (χ0) is 15.0. The Morgan fingerprint density at radius 2 is 1.90 bits per heavy atom. The van der Waals surface area contributed by atoms with E-state index in [1.165, 1.54) is 17.3 Å². The lowest BCUT2D eigenvalue weighted by molar-refractivity contribution is 0.730. The van der Waals surface area contributed by atoms with Crippen LogP contribution in [0.5, 0.6) is 0 Å². The molecule has 0 spiro atoms. The Morgan fingerprint density at radius 3 is 2.48 bits per heavy atom. The SMILES string of the molecule is CNc1nc(-n2cncn2)nc(-n2nc(C)c(Br)c2C)n1. The molecule has 1 N–H and O–H groups in total. The molecule has 0 aliphatic heterocycles. The molecule has 0 saturated carbocycles. The summed E-state index contributed by atoms with van der Waals surface area (Å²) in [7, 11) is 1.74. The largest absolute Gasteiger partial charge is 0.357 e. The number of halogens is 1. The Bertz CT molecular complexity index is 777. The number of nitrogens with zero attached hydrogens (tertiary/aromatic N) is 8. The fraction of sp³-hybridized carbons (Fsp3) is 0.273. The second-order valence-corrected chi connectivity index (χ2v) is 5.04. The van der Waals surface area contributed by atoms with E-state index in [0.717, 1.165) is 15.9 Å². The van der Waals surface area contributed by atoms with Gasteiger partial charge in [-0.3, -0.25) is 0 Å². The van der Waals surface area contributed by atoms with Crippen molar-refractivity contribution in [3.63, 3.8) is 0 Å². The van der Waals surface area contributed by atoms with E-state index < -0.39 is 0 Å². The molecule has 3 aromatic rings. The zero-order valence-electron chi connectivity index (χ0n) is 11.6. The molecule has 0 bridgehead atoms. The first-order valence-electron chi connectivity index (χ1n) is 6.11. The van der Waals surface area contributed by atoms with Crippen molar-refractivity contribution in [3.05, 3.63) is 28.5 Å². The lowest BCUT2D eigenvalue weighted by atomic mass is 10.4. The first-order valence-corrected chi connectivity index (χ1v) is 6.90. The van der Waals surface area contributed by atoms with Gasteiger partial charge in [-0.1, -0.05) is 0 Å². The highest BCUT2D eigenvalue weighted by Crippen LogP contribution is 2.22. The molecule has 3 rings (SSSR count).